The molecule has 3 rings (SSSR count). The minimum atomic E-state index is -0.186. The highest BCUT2D eigenvalue weighted by atomic mass is 35.5. The second-order valence-electron chi connectivity index (χ2n) is 5.12. The third-order valence-corrected chi connectivity index (χ3v) is 4.19. The summed E-state index contributed by atoms with van der Waals surface area (Å²) in [5.74, 6) is 0. The maximum absolute atomic E-state index is 12.7. The molecule has 2 heterocycles. The standard InChI is InChI=1S/C16H13Cl2N3O/c1-10(7-11-3-2-6-19-8-11)21-9-20-15-13(18)5-4-12(17)14(15)16(21)22/h2-6,8-10H,7H2,1H3. The van der Waals surface area contributed by atoms with Gasteiger partial charge in [-0.25, -0.2) is 4.98 Å². The number of pyridine rings is 1. The van der Waals surface area contributed by atoms with Gasteiger partial charge in [0, 0.05) is 18.4 Å². The summed E-state index contributed by atoms with van der Waals surface area (Å²) >= 11 is 12.2. The zero-order valence-electron chi connectivity index (χ0n) is 11.8. The zero-order valence-corrected chi connectivity index (χ0v) is 13.3. The van der Waals surface area contributed by atoms with Crippen LogP contribution >= 0.6 is 23.2 Å². The monoisotopic (exact) mass is 333 g/mol. The molecule has 1 aromatic carbocycles. The fraction of sp³-hybridized carbons (Fsp3) is 0.188. The van der Waals surface area contributed by atoms with E-state index in [0.717, 1.165) is 5.56 Å². The van der Waals surface area contributed by atoms with Crippen LogP contribution in [-0.2, 0) is 6.42 Å². The number of aromatic nitrogens is 3. The average molecular weight is 334 g/mol. The molecule has 0 fully saturated rings. The van der Waals surface area contributed by atoms with Crippen molar-refractivity contribution in [1.29, 1.82) is 0 Å². The lowest BCUT2D eigenvalue weighted by Crippen LogP contribution is -2.25. The fourth-order valence-corrected chi connectivity index (χ4v) is 2.88. The third kappa shape index (κ3) is 2.72. The molecule has 0 aliphatic heterocycles. The molecule has 4 nitrogen and oxygen atoms in total. The number of nitrogens with zero attached hydrogens (tertiary/aromatic N) is 3. The highest BCUT2D eigenvalue weighted by molar-refractivity contribution is 6.39. The van der Waals surface area contributed by atoms with Gasteiger partial charge in [-0.3, -0.25) is 14.3 Å². The molecule has 22 heavy (non-hydrogen) atoms. The van der Waals surface area contributed by atoms with Crippen molar-refractivity contribution in [3.8, 4) is 0 Å². The molecule has 0 saturated carbocycles. The summed E-state index contributed by atoms with van der Waals surface area (Å²) in [6.07, 6.45) is 5.71. The summed E-state index contributed by atoms with van der Waals surface area (Å²) < 4.78 is 1.58. The van der Waals surface area contributed by atoms with Crippen LogP contribution in [0.15, 0.2) is 47.8 Å². The molecule has 0 aliphatic rings. The second kappa shape index (κ2) is 6.07. The van der Waals surface area contributed by atoms with Gasteiger partial charge in [0.25, 0.3) is 5.56 Å². The van der Waals surface area contributed by atoms with Crippen LogP contribution in [-0.4, -0.2) is 14.5 Å². The molecule has 2 aromatic heterocycles. The molecular formula is C16H13Cl2N3O. The predicted molar refractivity (Wildman–Crippen MR) is 88.7 cm³/mol. The van der Waals surface area contributed by atoms with E-state index in [-0.39, 0.29) is 11.6 Å². The van der Waals surface area contributed by atoms with Crippen molar-refractivity contribution in [3.05, 3.63) is 68.9 Å². The normalized spacial score (nSPS) is 12.5. The molecule has 3 aromatic rings. The third-order valence-electron chi connectivity index (χ3n) is 3.57. The molecule has 0 amide bonds. The fourth-order valence-electron chi connectivity index (χ4n) is 2.44. The number of hydrogen-bond donors (Lipinski definition) is 0. The Labute approximate surface area is 137 Å². The Hall–Kier alpha value is -1.91. The molecule has 0 N–H and O–H groups in total. The zero-order chi connectivity index (χ0) is 15.7. The van der Waals surface area contributed by atoms with Crippen molar-refractivity contribution in [3.63, 3.8) is 0 Å². The first-order valence-electron chi connectivity index (χ1n) is 6.81. The molecule has 0 aliphatic carbocycles. The summed E-state index contributed by atoms with van der Waals surface area (Å²) in [6, 6.07) is 7.05. The van der Waals surface area contributed by atoms with Crippen LogP contribution in [0.25, 0.3) is 10.9 Å². The van der Waals surface area contributed by atoms with E-state index in [2.05, 4.69) is 9.97 Å². The Morgan fingerprint density at radius 3 is 2.73 bits per heavy atom. The number of benzene rings is 1. The number of hydrogen-bond acceptors (Lipinski definition) is 3. The van der Waals surface area contributed by atoms with E-state index < -0.39 is 0 Å². The predicted octanol–water partition coefficient (Wildman–Crippen LogP) is 3.90. The van der Waals surface area contributed by atoms with Crippen LogP contribution in [0.2, 0.25) is 10.0 Å². The van der Waals surface area contributed by atoms with E-state index in [1.54, 1.807) is 29.1 Å². The quantitative estimate of drug-likeness (QED) is 0.730. The van der Waals surface area contributed by atoms with Crippen LogP contribution < -0.4 is 5.56 Å². The lowest BCUT2D eigenvalue weighted by molar-refractivity contribution is 0.522. The second-order valence-corrected chi connectivity index (χ2v) is 5.94. The van der Waals surface area contributed by atoms with Crippen molar-refractivity contribution in [2.45, 2.75) is 19.4 Å². The van der Waals surface area contributed by atoms with Gasteiger partial charge < -0.3 is 0 Å². The van der Waals surface area contributed by atoms with E-state index in [0.29, 0.717) is 27.4 Å². The highest BCUT2D eigenvalue weighted by Crippen LogP contribution is 2.26. The maximum Gasteiger partial charge on any atom is 0.263 e. The van der Waals surface area contributed by atoms with Gasteiger partial charge in [-0.2, -0.15) is 0 Å². The molecule has 0 bridgehead atoms. The Morgan fingerprint density at radius 2 is 2.00 bits per heavy atom. The Kier molecular flexibility index (Phi) is 4.14. The van der Waals surface area contributed by atoms with Gasteiger partial charge in [-0.1, -0.05) is 29.3 Å². The SMILES string of the molecule is CC(Cc1cccnc1)n1cnc2c(Cl)ccc(Cl)c2c1=O. The summed E-state index contributed by atoms with van der Waals surface area (Å²) in [6.45, 7) is 1.96. The minimum absolute atomic E-state index is 0.0661. The van der Waals surface area contributed by atoms with E-state index in [1.807, 2.05) is 19.1 Å². The summed E-state index contributed by atoms with van der Waals surface area (Å²) in [4.78, 5) is 21.1. The van der Waals surface area contributed by atoms with Crippen LogP contribution in [0.5, 0.6) is 0 Å². The topological polar surface area (TPSA) is 47.8 Å². The van der Waals surface area contributed by atoms with E-state index >= 15 is 0 Å². The van der Waals surface area contributed by atoms with Crippen LogP contribution in [0.4, 0.5) is 0 Å². The summed E-state index contributed by atoms with van der Waals surface area (Å²) in [7, 11) is 0. The number of fused-ring (bicyclic) bond motifs is 1. The number of halogens is 2. The van der Waals surface area contributed by atoms with Gasteiger partial charge in [-0.05, 0) is 37.1 Å². The van der Waals surface area contributed by atoms with Crippen LogP contribution in [0, 0.1) is 0 Å². The smallest absolute Gasteiger partial charge is 0.263 e. The van der Waals surface area contributed by atoms with E-state index in [9.17, 15) is 4.79 Å². The average Bonchev–Trinajstić information content (AvgIpc) is 2.52. The van der Waals surface area contributed by atoms with Crippen molar-refractivity contribution >= 4 is 34.1 Å². The lowest BCUT2D eigenvalue weighted by Gasteiger charge is -2.15. The van der Waals surface area contributed by atoms with Crippen molar-refractivity contribution < 1.29 is 0 Å². The highest BCUT2D eigenvalue weighted by Gasteiger charge is 2.14. The Morgan fingerprint density at radius 1 is 1.23 bits per heavy atom. The Bertz CT molecular complexity index is 878. The van der Waals surface area contributed by atoms with Crippen molar-refractivity contribution in [1.82, 2.24) is 14.5 Å². The van der Waals surface area contributed by atoms with Gasteiger partial charge in [-0.15, -0.1) is 0 Å². The summed E-state index contributed by atoms with van der Waals surface area (Å²) in [5.41, 5.74) is 1.30. The minimum Gasteiger partial charge on any atom is -0.296 e. The molecule has 1 atom stereocenters. The largest absolute Gasteiger partial charge is 0.296 e. The van der Waals surface area contributed by atoms with Crippen molar-refractivity contribution in [2.75, 3.05) is 0 Å². The lowest BCUT2D eigenvalue weighted by atomic mass is 10.1. The van der Waals surface area contributed by atoms with E-state index in [1.165, 1.54) is 6.33 Å². The molecule has 6 heteroatoms. The molecular weight excluding hydrogens is 321 g/mol. The molecule has 1 unspecified atom stereocenters. The van der Waals surface area contributed by atoms with E-state index in [4.69, 9.17) is 23.2 Å². The van der Waals surface area contributed by atoms with Gasteiger partial charge in [0.05, 0.1) is 27.3 Å². The molecule has 0 radical (unpaired) electrons. The molecule has 0 saturated heterocycles. The first kappa shape index (κ1) is 15.0. The van der Waals surface area contributed by atoms with Gasteiger partial charge in [0.2, 0.25) is 0 Å². The first-order chi connectivity index (χ1) is 10.6. The summed E-state index contributed by atoms with van der Waals surface area (Å²) in [5, 5.41) is 1.14. The number of rotatable bonds is 3. The van der Waals surface area contributed by atoms with Gasteiger partial charge >= 0.3 is 0 Å². The molecule has 112 valence electrons. The molecule has 0 spiro atoms. The van der Waals surface area contributed by atoms with Crippen LogP contribution in [0.3, 0.4) is 0 Å². The van der Waals surface area contributed by atoms with Gasteiger partial charge in [0.15, 0.2) is 0 Å². The van der Waals surface area contributed by atoms with Crippen LogP contribution in [0.1, 0.15) is 18.5 Å². The first-order valence-corrected chi connectivity index (χ1v) is 7.57. The van der Waals surface area contributed by atoms with Gasteiger partial charge in [0.1, 0.15) is 0 Å². The maximum atomic E-state index is 12.7. The van der Waals surface area contributed by atoms with Crippen molar-refractivity contribution in [2.24, 2.45) is 0 Å². The Balaban J connectivity index is 2.07.